The van der Waals surface area contributed by atoms with Gasteiger partial charge < -0.3 is 9.80 Å². The molecule has 0 bridgehead atoms. The molecule has 1 aliphatic heterocycles. The molecule has 2 nitrogen and oxygen atoms in total. The summed E-state index contributed by atoms with van der Waals surface area (Å²) in [5.74, 6) is 0. The lowest BCUT2D eigenvalue weighted by atomic mass is 10.6. The number of hydrogen-bond acceptors (Lipinski definition) is 2. The number of nitrogens with zero attached hydrogens (tertiary/aromatic N) is 2. The quantitative estimate of drug-likeness (QED) is 0.546. The van der Waals surface area contributed by atoms with Gasteiger partial charge in [-0.05, 0) is 13.8 Å². The SMILES string of the molecule is CCN1C=CN(CC)C1. The van der Waals surface area contributed by atoms with Crippen molar-refractivity contribution < 1.29 is 0 Å². The van der Waals surface area contributed by atoms with Crippen LogP contribution in [0, 0.1) is 0 Å². The van der Waals surface area contributed by atoms with Gasteiger partial charge in [-0.25, -0.2) is 0 Å². The Morgan fingerprint density at radius 2 is 1.56 bits per heavy atom. The Morgan fingerprint density at radius 1 is 1.11 bits per heavy atom. The molecule has 0 spiro atoms. The van der Waals surface area contributed by atoms with E-state index in [9.17, 15) is 0 Å². The molecule has 1 aliphatic rings. The van der Waals surface area contributed by atoms with Gasteiger partial charge in [0.05, 0.1) is 6.67 Å². The summed E-state index contributed by atoms with van der Waals surface area (Å²) in [6.45, 7) is 7.65. The molecule has 0 saturated heterocycles. The van der Waals surface area contributed by atoms with E-state index < -0.39 is 0 Å². The summed E-state index contributed by atoms with van der Waals surface area (Å²) in [5, 5.41) is 0. The summed E-state index contributed by atoms with van der Waals surface area (Å²) in [6.07, 6.45) is 4.28. The molecule has 0 aromatic carbocycles. The molecular weight excluding hydrogens is 112 g/mol. The standard InChI is InChI=1S/C7H14N2/c1-3-8-5-6-9(4-2)7-8/h5-6H,3-4,7H2,1-2H3. The Hall–Kier alpha value is -0.660. The van der Waals surface area contributed by atoms with Gasteiger partial charge in [0.2, 0.25) is 0 Å². The van der Waals surface area contributed by atoms with Crippen LogP contribution in [0.5, 0.6) is 0 Å². The lowest BCUT2D eigenvalue weighted by Crippen LogP contribution is -2.24. The van der Waals surface area contributed by atoms with Crippen molar-refractivity contribution >= 4 is 0 Å². The Labute approximate surface area is 56.8 Å². The van der Waals surface area contributed by atoms with E-state index in [0.29, 0.717) is 0 Å². The Kier molecular flexibility index (Phi) is 1.98. The zero-order chi connectivity index (χ0) is 6.69. The minimum Gasteiger partial charge on any atom is -0.359 e. The number of hydrogen-bond donors (Lipinski definition) is 0. The Bertz CT molecular complexity index is 97.5. The van der Waals surface area contributed by atoms with E-state index in [1.54, 1.807) is 0 Å². The minimum absolute atomic E-state index is 1.08. The van der Waals surface area contributed by atoms with Gasteiger partial charge in [-0.15, -0.1) is 0 Å². The fourth-order valence-corrected chi connectivity index (χ4v) is 0.927. The molecule has 0 radical (unpaired) electrons. The lowest BCUT2D eigenvalue weighted by Gasteiger charge is -2.17. The van der Waals surface area contributed by atoms with Gasteiger partial charge in [-0.3, -0.25) is 0 Å². The molecule has 1 heterocycles. The smallest absolute Gasteiger partial charge is 0.0893 e. The molecular formula is C7H14N2. The maximum absolute atomic E-state index is 2.28. The highest BCUT2D eigenvalue weighted by Gasteiger charge is 2.06. The normalized spacial score (nSPS) is 17.6. The molecule has 0 amide bonds. The maximum atomic E-state index is 2.28. The summed E-state index contributed by atoms with van der Waals surface area (Å²) in [7, 11) is 0. The number of rotatable bonds is 2. The summed E-state index contributed by atoms with van der Waals surface area (Å²) >= 11 is 0. The molecule has 0 saturated carbocycles. The topological polar surface area (TPSA) is 6.48 Å². The average Bonchev–Trinajstić information content (AvgIpc) is 2.34. The van der Waals surface area contributed by atoms with E-state index in [2.05, 4.69) is 36.0 Å². The van der Waals surface area contributed by atoms with Crippen molar-refractivity contribution in [2.45, 2.75) is 13.8 Å². The van der Waals surface area contributed by atoms with Crippen molar-refractivity contribution in [3.8, 4) is 0 Å². The highest BCUT2D eigenvalue weighted by molar-refractivity contribution is 4.88. The fraction of sp³-hybridized carbons (Fsp3) is 0.714. The summed E-state index contributed by atoms with van der Waals surface area (Å²) in [4.78, 5) is 4.56. The van der Waals surface area contributed by atoms with E-state index in [4.69, 9.17) is 0 Å². The molecule has 0 aromatic heterocycles. The predicted molar refractivity (Wildman–Crippen MR) is 38.8 cm³/mol. The van der Waals surface area contributed by atoms with Crippen LogP contribution < -0.4 is 0 Å². The summed E-state index contributed by atoms with van der Waals surface area (Å²) < 4.78 is 0. The van der Waals surface area contributed by atoms with E-state index in [1.807, 2.05) is 0 Å². The first-order valence-electron chi connectivity index (χ1n) is 3.53. The predicted octanol–water partition coefficient (Wildman–Crippen LogP) is 1.07. The lowest BCUT2D eigenvalue weighted by molar-refractivity contribution is 0.282. The van der Waals surface area contributed by atoms with Crippen LogP contribution in [0.1, 0.15) is 13.8 Å². The zero-order valence-electron chi connectivity index (χ0n) is 6.17. The first-order chi connectivity index (χ1) is 4.36. The van der Waals surface area contributed by atoms with E-state index in [-0.39, 0.29) is 0 Å². The Morgan fingerprint density at radius 3 is 1.78 bits per heavy atom. The largest absolute Gasteiger partial charge is 0.359 e. The summed E-state index contributed by atoms with van der Waals surface area (Å²) in [6, 6.07) is 0. The van der Waals surface area contributed by atoms with Crippen LogP contribution in [0.25, 0.3) is 0 Å². The molecule has 0 fully saturated rings. The third kappa shape index (κ3) is 1.37. The average molecular weight is 126 g/mol. The Balaban J connectivity index is 2.31. The molecule has 9 heavy (non-hydrogen) atoms. The molecule has 1 rings (SSSR count). The van der Waals surface area contributed by atoms with Crippen LogP contribution in [0.15, 0.2) is 12.4 Å². The van der Waals surface area contributed by atoms with Gasteiger partial charge in [0.1, 0.15) is 0 Å². The second kappa shape index (κ2) is 2.76. The highest BCUT2D eigenvalue weighted by atomic mass is 15.3. The van der Waals surface area contributed by atoms with E-state index >= 15 is 0 Å². The maximum Gasteiger partial charge on any atom is 0.0893 e. The molecule has 0 aromatic rings. The summed E-state index contributed by atoms with van der Waals surface area (Å²) in [5.41, 5.74) is 0. The van der Waals surface area contributed by atoms with Crippen molar-refractivity contribution in [3.63, 3.8) is 0 Å². The van der Waals surface area contributed by atoms with E-state index in [1.165, 1.54) is 0 Å². The monoisotopic (exact) mass is 126 g/mol. The second-order valence-corrected chi connectivity index (χ2v) is 2.25. The molecule has 2 heteroatoms. The van der Waals surface area contributed by atoms with Crippen molar-refractivity contribution in [1.29, 1.82) is 0 Å². The third-order valence-corrected chi connectivity index (χ3v) is 1.66. The zero-order valence-corrected chi connectivity index (χ0v) is 6.17. The fourth-order valence-electron chi connectivity index (χ4n) is 0.927. The van der Waals surface area contributed by atoms with Gasteiger partial charge in [-0.1, -0.05) is 0 Å². The molecule has 0 atom stereocenters. The van der Waals surface area contributed by atoms with Gasteiger partial charge in [-0.2, -0.15) is 0 Å². The van der Waals surface area contributed by atoms with Crippen molar-refractivity contribution in [2.24, 2.45) is 0 Å². The first-order valence-corrected chi connectivity index (χ1v) is 3.53. The highest BCUT2D eigenvalue weighted by Crippen LogP contribution is 2.03. The van der Waals surface area contributed by atoms with Crippen LogP contribution in [-0.4, -0.2) is 29.6 Å². The van der Waals surface area contributed by atoms with Gasteiger partial charge >= 0.3 is 0 Å². The van der Waals surface area contributed by atoms with Gasteiger partial charge in [0.15, 0.2) is 0 Å². The van der Waals surface area contributed by atoms with Crippen molar-refractivity contribution in [3.05, 3.63) is 12.4 Å². The molecule has 0 unspecified atom stereocenters. The molecule has 52 valence electrons. The molecule has 0 aliphatic carbocycles. The van der Waals surface area contributed by atoms with Crippen LogP contribution in [0.2, 0.25) is 0 Å². The van der Waals surface area contributed by atoms with Gasteiger partial charge in [0, 0.05) is 25.5 Å². The van der Waals surface area contributed by atoms with Crippen LogP contribution in [0.3, 0.4) is 0 Å². The van der Waals surface area contributed by atoms with Crippen molar-refractivity contribution in [2.75, 3.05) is 19.8 Å². The van der Waals surface area contributed by atoms with Crippen molar-refractivity contribution in [1.82, 2.24) is 9.80 Å². The van der Waals surface area contributed by atoms with E-state index in [0.717, 1.165) is 19.8 Å². The van der Waals surface area contributed by atoms with Crippen LogP contribution in [0.4, 0.5) is 0 Å². The molecule has 0 N–H and O–H groups in total. The third-order valence-electron chi connectivity index (χ3n) is 1.66. The van der Waals surface area contributed by atoms with Crippen LogP contribution in [-0.2, 0) is 0 Å². The second-order valence-electron chi connectivity index (χ2n) is 2.25. The van der Waals surface area contributed by atoms with Gasteiger partial charge in [0.25, 0.3) is 0 Å². The first kappa shape index (κ1) is 6.46. The van der Waals surface area contributed by atoms with Crippen LogP contribution >= 0.6 is 0 Å². The minimum atomic E-state index is 1.08.